The van der Waals surface area contributed by atoms with Crippen molar-refractivity contribution in [2.75, 3.05) is 13.1 Å². The van der Waals surface area contributed by atoms with E-state index in [9.17, 15) is 9.59 Å². The molecular formula is C16H28N4O2. The first-order chi connectivity index (χ1) is 10.5. The highest BCUT2D eigenvalue weighted by Gasteiger charge is 2.29. The van der Waals surface area contributed by atoms with Crippen molar-refractivity contribution < 1.29 is 4.79 Å². The first-order valence-corrected chi connectivity index (χ1v) is 8.38. The van der Waals surface area contributed by atoms with Crippen molar-refractivity contribution in [3.05, 3.63) is 16.3 Å². The van der Waals surface area contributed by atoms with Crippen LogP contribution in [0.2, 0.25) is 0 Å². The molecule has 1 unspecified atom stereocenters. The number of carbonyl (C=O) groups is 1. The average Bonchev–Trinajstić information content (AvgIpc) is 2.80. The highest BCUT2D eigenvalue weighted by molar-refractivity contribution is 5.76. The molecule has 1 aliphatic rings. The van der Waals surface area contributed by atoms with E-state index in [1.54, 1.807) is 11.6 Å². The first-order valence-electron chi connectivity index (χ1n) is 8.38. The van der Waals surface area contributed by atoms with E-state index in [0.717, 1.165) is 38.1 Å². The van der Waals surface area contributed by atoms with Crippen molar-refractivity contribution in [2.45, 2.75) is 64.8 Å². The van der Waals surface area contributed by atoms with Gasteiger partial charge in [0.1, 0.15) is 5.82 Å². The van der Waals surface area contributed by atoms with Crippen molar-refractivity contribution in [1.29, 1.82) is 0 Å². The van der Waals surface area contributed by atoms with Crippen LogP contribution in [0.4, 0.5) is 0 Å². The molecule has 1 aliphatic heterocycles. The molecule has 124 valence electrons. The van der Waals surface area contributed by atoms with Gasteiger partial charge >= 0.3 is 5.69 Å². The number of carbonyl (C=O) groups excluding carboxylic acids is 1. The zero-order valence-electron chi connectivity index (χ0n) is 14.2. The van der Waals surface area contributed by atoms with E-state index in [0.29, 0.717) is 13.0 Å². The third kappa shape index (κ3) is 3.42. The van der Waals surface area contributed by atoms with Crippen LogP contribution in [0.3, 0.4) is 0 Å². The number of amides is 1. The molecule has 0 N–H and O–H groups in total. The Balaban J connectivity index is 2.18. The zero-order valence-corrected chi connectivity index (χ0v) is 14.2. The standard InChI is InChI=1S/C16H28N4O2/c1-5-6-9-14(21)19-10-7-8-13(11-19)15-17-18(4)16(22)20(15)12(2)3/h12-13H,5-11H2,1-4H3. The van der Waals surface area contributed by atoms with Crippen molar-refractivity contribution in [3.8, 4) is 0 Å². The van der Waals surface area contributed by atoms with Gasteiger partial charge in [-0.15, -0.1) is 0 Å². The van der Waals surface area contributed by atoms with Gasteiger partial charge in [0.25, 0.3) is 0 Å². The van der Waals surface area contributed by atoms with E-state index in [-0.39, 0.29) is 23.6 Å². The second kappa shape index (κ2) is 7.11. The Bertz CT molecular complexity index is 573. The van der Waals surface area contributed by atoms with Crippen LogP contribution in [-0.2, 0) is 11.8 Å². The van der Waals surface area contributed by atoms with E-state index < -0.39 is 0 Å². The minimum Gasteiger partial charge on any atom is -0.342 e. The smallest absolute Gasteiger partial charge is 0.342 e. The van der Waals surface area contributed by atoms with Crippen LogP contribution in [0.15, 0.2) is 4.79 Å². The zero-order chi connectivity index (χ0) is 16.3. The Morgan fingerprint density at radius 1 is 1.41 bits per heavy atom. The average molecular weight is 308 g/mol. The number of hydrogen-bond donors (Lipinski definition) is 0. The fourth-order valence-electron chi connectivity index (χ4n) is 3.16. The Kier molecular flexibility index (Phi) is 5.42. The molecule has 1 fully saturated rings. The molecule has 2 heterocycles. The van der Waals surface area contributed by atoms with Crippen molar-refractivity contribution in [2.24, 2.45) is 7.05 Å². The topological polar surface area (TPSA) is 60.1 Å². The van der Waals surface area contributed by atoms with E-state index in [1.807, 2.05) is 18.7 Å². The Morgan fingerprint density at radius 2 is 2.14 bits per heavy atom. The monoisotopic (exact) mass is 308 g/mol. The van der Waals surface area contributed by atoms with Gasteiger partial charge in [-0.1, -0.05) is 13.3 Å². The number of rotatable bonds is 5. The lowest BCUT2D eigenvalue weighted by Gasteiger charge is -2.32. The predicted molar refractivity (Wildman–Crippen MR) is 85.9 cm³/mol. The molecule has 1 saturated heterocycles. The Morgan fingerprint density at radius 3 is 2.77 bits per heavy atom. The summed E-state index contributed by atoms with van der Waals surface area (Å²) >= 11 is 0. The summed E-state index contributed by atoms with van der Waals surface area (Å²) in [6.07, 6.45) is 4.57. The quantitative estimate of drug-likeness (QED) is 0.836. The van der Waals surface area contributed by atoms with E-state index in [1.165, 1.54) is 4.68 Å². The summed E-state index contributed by atoms with van der Waals surface area (Å²) in [7, 11) is 1.69. The number of hydrogen-bond acceptors (Lipinski definition) is 3. The molecule has 2 rings (SSSR count). The molecule has 1 amide bonds. The van der Waals surface area contributed by atoms with Gasteiger partial charge in [0.05, 0.1) is 0 Å². The predicted octanol–water partition coefficient (Wildman–Crippen LogP) is 2.06. The number of likely N-dealkylation sites (tertiary alicyclic amines) is 1. The van der Waals surface area contributed by atoms with Crippen LogP contribution in [0.5, 0.6) is 0 Å². The molecule has 0 spiro atoms. The Labute approximate surface area is 132 Å². The number of piperidine rings is 1. The highest BCUT2D eigenvalue weighted by atomic mass is 16.2. The fraction of sp³-hybridized carbons (Fsp3) is 0.812. The summed E-state index contributed by atoms with van der Waals surface area (Å²) < 4.78 is 3.18. The van der Waals surface area contributed by atoms with Crippen molar-refractivity contribution in [3.63, 3.8) is 0 Å². The van der Waals surface area contributed by atoms with E-state index in [2.05, 4.69) is 12.0 Å². The summed E-state index contributed by atoms with van der Waals surface area (Å²) in [6, 6.07) is 0.0855. The molecule has 1 atom stereocenters. The normalized spacial score (nSPS) is 19.0. The summed E-state index contributed by atoms with van der Waals surface area (Å²) in [6.45, 7) is 7.62. The molecule has 22 heavy (non-hydrogen) atoms. The van der Waals surface area contributed by atoms with Crippen LogP contribution in [0.1, 0.15) is 70.7 Å². The SMILES string of the molecule is CCCCC(=O)N1CCCC(c2nn(C)c(=O)n2C(C)C)C1. The van der Waals surface area contributed by atoms with Crippen molar-refractivity contribution >= 4 is 5.91 Å². The van der Waals surface area contributed by atoms with Gasteiger partial charge in [0.15, 0.2) is 0 Å². The third-order valence-electron chi connectivity index (χ3n) is 4.38. The molecular weight excluding hydrogens is 280 g/mol. The molecule has 1 aromatic heterocycles. The molecule has 6 nitrogen and oxygen atoms in total. The minimum atomic E-state index is -0.0700. The van der Waals surface area contributed by atoms with E-state index in [4.69, 9.17) is 0 Å². The number of aromatic nitrogens is 3. The summed E-state index contributed by atoms with van der Waals surface area (Å²) in [5, 5.41) is 4.44. The second-order valence-electron chi connectivity index (χ2n) is 6.51. The number of nitrogens with zero attached hydrogens (tertiary/aromatic N) is 4. The molecule has 0 aliphatic carbocycles. The number of aryl methyl sites for hydroxylation is 1. The lowest BCUT2D eigenvalue weighted by molar-refractivity contribution is -0.132. The minimum absolute atomic E-state index is 0.0700. The maximum atomic E-state index is 12.3. The molecule has 6 heteroatoms. The summed E-state index contributed by atoms with van der Waals surface area (Å²) in [4.78, 5) is 26.4. The van der Waals surface area contributed by atoms with Crippen molar-refractivity contribution in [1.82, 2.24) is 19.2 Å². The van der Waals surface area contributed by atoms with E-state index >= 15 is 0 Å². The maximum Gasteiger partial charge on any atom is 0.345 e. The van der Waals surface area contributed by atoms with Crippen LogP contribution < -0.4 is 5.69 Å². The molecule has 1 aromatic rings. The molecule has 0 saturated carbocycles. The molecule has 0 radical (unpaired) electrons. The van der Waals surface area contributed by atoms with Gasteiger partial charge in [-0.05, 0) is 33.1 Å². The van der Waals surface area contributed by atoms with Gasteiger partial charge in [0, 0.05) is 38.5 Å². The summed E-state index contributed by atoms with van der Waals surface area (Å²) in [5.41, 5.74) is -0.0700. The van der Waals surface area contributed by atoms with Gasteiger partial charge in [-0.3, -0.25) is 9.36 Å². The second-order valence-corrected chi connectivity index (χ2v) is 6.51. The lowest BCUT2D eigenvalue weighted by Crippen LogP contribution is -2.40. The third-order valence-corrected chi connectivity index (χ3v) is 4.38. The van der Waals surface area contributed by atoms with Crippen LogP contribution >= 0.6 is 0 Å². The fourth-order valence-corrected chi connectivity index (χ4v) is 3.16. The van der Waals surface area contributed by atoms with Gasteiger partial charge < -0.3 is 4.90 Å². The van der Waals surface area contributed by atoms with Gasteiger partial charge in [-0.25, -0.2) is 9.48 Å². The first kappa shape index (κ1) is 16.8. The van der Waals surface area contributed by atoms with Gasteiger partial charge in [0.2, 0.25) is 5.91 Å². The summed E-state index contributed by atoms with van der Waals surface area (Å²) in [5.74, 6) is 1.23. The van der Waals surface area contributed by atoms with Crippen LogP contribution in [-0.4, -0.2) is 38.2 Å². The van der Waals surface area contributed by atoms with Gasteiger partial charge in [-0.2, -0.15) is 5.10 Å². The molecule has 0 aromatic carbocycles. The maximum absolute atomic E-state index is 12.3. The lowest BCUT2D eigenvalue weighted by atomic mass is 9.96. The molecule has 0 bridgehead atoms. The highest BCUT2D eigenvalue weighted by Crippen LogP contribution is 2.26. The number of unbranched alkanes of at least 4 members (excludes halogenated alkanes) is 1. The van der Waals surface area contributed by atoms with Crippen LogP contribution in [0, 0.1) is 0 Å². The largest absolute Gasteiger partial charge is 0.345 e. The Hall–Kier alpha value is -1.59. The van der Waals surface area contributed by atoms with Crippen LogP contribution in [0.25, 0.3) is 0 Å².